The van der Waals surface area contributed by atoms with Crippen molar-refractivity contribution in [3.05, 3.63) is 63.9 Å². The highest BCUT2D eigenvalue weighted by Crippen LogP contribution is 2.34. The summed E-state index contributed by atoms with van der Waals surface area (Å²) >= 11 is 3.36. The SMILES string of the molecule is C#C[C@@H]1[C@@H](CN(C)C)C[C@@H](C(=O)Nc2nc(Br)ccc2C)N1C(=O)Cn1nc(C(C)=O)c2cc(-c3cnc(C)nc3)cc(CC)c21. The standard InChI is InChI=1S/C34H37BrN8O3/c1-8-22-12-23(25-15-36-21(5)37-16-25)13-26-31(20(4)44)40-42(32(22)26)18-30(45)43-27(9-2)24(17-41(6)7)14-28(43)34(46)39-33-19(3)10-11-29(35)38-33/h2,10-13,15-16,24,27-28H,8,14,17-18H2,1,3-7H3,(H,38,39,46)/t24-,27-,28+/m1/s1. The fourth-order valence-corrected chi connectivity index (χ4v) is 6.48. The third-order valence-corrected chi connectivity index (χ3v) is 8.75. The molecule has 11 nitrogen and oxygen atoms in total. The van der Waals surface area contributed by atoms with Crippen molar-refractivity contribution in [1.29, 1.82) is 0 Å². The van der Waals surface area contributed by atoms with Crippen LogP contribution < -0.4 is 5.32 Å². The number of terminal acetylenes is 1. The van der Waals surface area contributed by atoms with Gasteiger partial charge in [-0.2, -0.15) is 5.10 Å². The summed E-state index contributed by atoms with van der Waals surface area (Å²) in [5.74, 6) is 2.78. The summed E-state index contributed by atoms with van der Waals surface area (Å²) in [6, 6.07) is 6.11. The van der Waals surface area contributed by atoms with Gasteiger partial charge in [0.2, 0.25) is 11.8 Å². The zero-order valence-electron chi connectivity index (χ0n) is 26.8. The monoisotopic (exact) mass is 684 g/mol. The van der Waals surface area contributed by atoms with Crippen molar-refractivity contribution >= 4 is 50.2 Å². The lowest BCUT2D eigenvalue weighted by atomic mass is 9.98. The number of hydrogen-bond donors (Lipinski definition) is 1. The fraction of sp³-hybridized carbons (Fsp3) is 0.382. The number of rotatable bonds is 9. The van der Waals surface area contributed by atoms with Crippen molar-refractivity contribution < 1.29 is 14.4 Å². The van der Waals surface area contributed by atoms with E-state index in [1.165, 1.54) is 11.8 Å². The molecule has 3 aromatic heterocycles. The first-order valence-corrected chi connectivity index (χ1v) is 15.9. The summed E-state index contributed by atoms with van der Waals surface area (Å²) in [6.45, 7) is 7.54. The van der Waals surface area contributed by atoms with Gasteiger partial charge < -0.3 is 15.1 Å². The van der Waals surface area contributed by atoms with E-state index in [0.29, 0.717) is 46.5 Å². The number of carbonyl (C=O) groups is 3. The first kappa shape index (κ1) is 32.9. The molecule has 0 saturated carbocycles. The van der Waals surface area contributed by atoms with E-state index in [1.54, 1.807) is 23.1 Å². The highest BCUT2D eigenvalue weighted by atomic mass is 79.9. The first-order valence-electron chi connectivity index (χ1n) is 15.1. The van der Waals surface area contributed by atoms with E-state index < -0.39 is 12.1 Å². The molecule has 1 N–H and O–H groups in total. The molecule has 12 heteroatoms. The van der Waals surface area contributed by atoms with E-state index in [2.05, 4.69) is 47.2 Å². The highest BCUT2D eigenvalue weighted by molar-refractivity contribution is 9.10. The Morgan fingerprint density at radius 3 is 2.48 bits per heavy atom. The van der Waals surface area contributed by atoms with Crippen LogP contribution in [0.25, 0.3) is 22.0 Å². The lowest BCUT2D eigenvalue weighted by Crippen LogP contribution is -2.48. The van der Waals surface area contributed by atoms with E-state index >= 15 is 0 Å². The topological polar surface area (TPSA) is 126 Å². The normalized spacial score (nSPS) is 17.8. The molecule has 1 saturated heterocycles. The van der Waals surface area contributed by atoms with Crippen molar-refractivity contribution in [3.8, 4) is 23.5 Å². The molecule has 0 spiro atoms. The van der Waals surface area contributed by atoms with Gasteiger partial charge in [-0.1, -0.05) is 18.9 Å². The minimum Gasteiger partial charge on any atom is -0.315 e. The van der Waals surface area contributed by atoms with Gasteiger partial charge in [0, 0.05) is 42.7 Å². The van der Waals surface area contributed by atoms with Crippen molar-refractivity contribution in [1.82, 2.24) is 34.5 Å². The predicted octanol–water partition coefficient (Wildman–Crippen LogP) is 4.45. The summed E-state index contributed by atoms with van der Waals surface area (Å²) in [7, 11) is 3.87. The van der Waals surface area contributed by atoms with Gasteiger partial charge in [-0.05, 0) is 91.6 Å². The van der Waals surface area contributed by atoms with Crippen LogP contribution in [0.15, 0.2) is 41.3 Å². The number of ketones is 1. The second-order valence-corrected chi connectivity index (χ2v) is 12.8. The molecule has 0 bridgehead atoms. The minimum atomic E-state index is -0.827. The average Bonchev–Trinajstić information content (AvgIpc) is 3.57. The molecule has 4 heterocycles. The van der Waals surface area contributed by atoms with Crippen LogP contribution in [0, 0.1) is 32.1 Å². The number of aryl methyl sites for hydroxylation is 3. The van der Waals surface area contributed by atoms with E-state index in [0.717, 1.165) is 22.3 Å². The zero-order valence-corrected chi connectivity index (χ0v) is 28.4. The molecule has 1 aromatic carbocycles. The number of fused-ring (bicyclic) bond motifs is 1. The van der Waals surface area contributed by atoms with Gasteiger partial charge in [0.25, 0.3) is 0 Å². The Kier molecular flexibility index (Phi) is 9.65. The van der Waals surface area contributed by atoms with E-state index in [-0.39, 0.29) is 35.8 Å². The Labute approximate surface area is 276 Å². The van der Waals surface area contributed by atoms with Crippen LogP contribution >= 0.6 is 15.9 Å². The molecule has 1 aliphatic rings. The molecule has 0 aliphatic carbocycles. The molecule has 0 radical (unpaired) electrons. The number of nitrogens with one attached hydrogen (secondary N) is 1. The number of carbonyl (C=O) groups excluding carboxylic acids is 3. The number of Topliss-reactive ketones (excluding diaryl/α,β-unsaturated/α-hetero) is 1. The Bertz CT molecular complexity index is 1860. The number of anilines is 1. The van der Waals surface area contributed by atoms with E-state index in [9.17, 15) is 14.4 Å². The van der Waals surface area contributed by atoms with Gasteiger partial charge in [0.05, 0.1) is 11.6 Å². The Balaban J connectivity index is 1.54. The van der Waals surface area contributed by atoms with E-state index in [4.69, 9.17) is 6.42 Å². The molecule has 5 rings (SSSR count). The number of benzene rings is 1. The molecular weight excluding hydrogens is 648 g/mol. The molecule has 2 amide bonds. The minimum absolute atomic E-state index is 0.135. The van der Waals surface area contributed by atoms with Gasteiger partial charge in [0.15, 0.2) is 5.78 Å². The Morgan fingerprint density at radius 1 is 1.13 bits per heavy atom. The molecule has 0 unspecified atom stereocenters. The van der Waals surface area contributed by atoms with E-state index in [1.807, 2.05) is 58.0 Å². The van der Waals surface area contributed by atoms with Crippen LogP contribution in [0.1, 0.15) is 47.7 Å². The second-order valence-electron chi connectivity index (χ2n) is 11.9. The van der Waals surface area contributed by atoms with Gasteiger partial charge in [-0.15, -0.1) is 6.42 Å². The van der Waals surface area contributed by atoms with Crippen molar-refractivity contribution in [3.63, 3.8) is 0 Å². The molecule has 1 aliphatic heterocycles. The smallest absolute Gasteiger partial charge is 0.248 e. The third kappa shape index (κ3) is 6.57. The fourth-order valence-electron chi connectivity index (χ4n) is 6.17. The number of nitrogens with zero attached hydrogens (tertiary/aromatic N) is 7. The first-order chi connectivity index (χ1) is 21.9. The molecule has 1 fully saturated rings. The average molecular weight is 686 g/mol. The number of likely N-dealkylation sites (tertiary alicyclic amines) is 1. The number of amides is 2. The number of pyridine rings is 1. The quantitative estimate of drug-likeness (QED) is 0.156. The van der Waals surface area contributed by atoms with Crippen molar-refractivity contribution in [2.75, 3.05) is 26.0 Å². The van der Waals surface area contributed by atoms with Crippen molar-refractivity contribution in [2.24, 2.45) is 5.92 Å². The largest absolute Gasteiger partial charge is 0.315 e. The number of aromatic nitrogens is 5. The number of halogens is 1. The number of hydrogen-bond acceptors (Lipinski definition) is 8. The van der Waals surface area contributed by atoms with Gasteiger partial charge in [0.1, 0.15) is 34.5 Å². The third-order valence-electron chi connectivity index (χ3n) is 8.31. The maximum Gasteiger partial charge on any atom is 0.248 e. The molecule has 4 aromatic rings. The van der Waals surface area contributed by atoms with Crippen LogP contribution in [0.2, 0.25) is 0 Å². The van der Waals surface area contributed by atoms with Gasteiger partial charge in [-0.3, -0.25) is 19.1 Å². The Hall–Kier alpha value is -4.47. The molecule has 46 heavy (non-hydrogen) atoms. The highest BCUT2D eigenvalue weighted by Gasteiger charge is 2.46. The maximum absolute atomic E-state index is 14.3. The molecular formula is C34H37BrN8O3. The summed E-state index contributed by atoms with van der Waals surface area (Å²) in [5, 5.41) is 8.21. The summed E-state index contributed by atoms with van der Waals surface area (Å²) in [4.78, 5) is 57.5. The Morgan fingerprint density at radius 2 is 1.85 bits per heavy atom. The van der Waals surface area contributed by atoms with Crippen LogP contribution in [0.4, 0.5) is 5.82 Å². The lowest BCUT2D eigenvalue weighted by molar-refractivity contribution is -0.138. The second kappa shape index (κ2) is 13.5. The van der Waals surface area contributed by atoms with Crippen LogP contribution in [-0.2, 0) is 22.6 Å². The predicted molar refractivity (Wildman–Crippen MR) is 180 cm³/mol. The molecule has 3 atom stereocenters. The lowest BCUT2D eigenvalue weighted by Gasteiger charge is -2.29. The van der Waals surface area contributed by atoms with Gasteiger partial charge in [-0.25, -0.2) is 15.0 Å². The van der Waals surface area contributed by atoms with Crippen LogP contribution in [0.5, 0.6) is 0 Å². The van der Waals surface area contributed by atoms with Crippen LogP contribution in [-0.4, -0.2) is 84.9 Å². The van der Waals surface area contributed by atoms with Crippen LogP contribution in [0.3, 0.4) is 0 Å². The zero-order chi connectivity index (χ0) is 33.3. The van der Waals surface area contributed by atoms with Crippen molar-refractivity contribution in [2.45, 2.75) is 59.2 Å². The summed E-state index contributed by atoms with van der Waals surface area (Å²) < 4.78 is 2.15. The van der Waals surface area contributed by atoms with Gasteiger partial charge >= 0.3 is 0 Å². The molecule has 238 valence electrons. The maximum atomic E-state index is 14.3. The summed E-state index contributed by atoms with van der Waals surface area (Å²) in [5.41, 5.74) is 4.31. The summed E-state index contributed by atoms with van der Waals surface area (Å²) in [6.07, 6.45) is 10.6.